The first-order valence-electron chi connectivity index (χ1n) is 3.31. The van der Waals surface area contributed by atoms with Gasteiger partial charge in [0, 0.05) is 7.05 Å². The second kappa shape index (κ2) is 2.69. The van der Waals surface area contributed by atoms with Gasteiger partial charge in [-0.1, -0.05) is 6.92 Å². The molecule has 0 aromatic carbocycles. The highest BCUT2D eigenvalue weighted by molar-refractivity contribution is 5.26. The zero-order valence-corrected chi connectivity index (χ0v) is 6.44. The first-order valence-corrected chi connectivity index (χ1v) is 3.31. The lowest BCUT2D eigenvalue weighted by atomic mass is 10.3. The van der Waals surface area contributed by atoms with Crippen LogP contribution < -0.4 is 0 Å². The summed E-state index contributed by atoms with van der Waals surface area (Å²) in [7, 11) is 1.75. The zero-order chi connectivity index (χ0) is 8.43. The van der Waals surface area contributed by atoms with Crippen molar-refractivity contribution >= 4 is 5.82 Å². The third-order valence-electron chi connectivity index (χ3n) is 1.54. The van der Waals surface area contributed by atoms with Crippen molar-refractivity contribution in [2.75, 3.05) is 0 Å². The maximum Gasteiger partial charge on any atom is 0.384 e. The number of imidazole rings is 1. The fourth-order valence-electron chi connectivity index (χ4n) is 1.00. The number of aromatic nitrogens is 2. The first kappa shape index (κ1) is 7.71. The highest BCUT2D eigenvalue weighted by atomic mass is 16.6. The van der Waals surface area contributed by atoms with Gasteiger partial charge in [-0.25, -0.2) is 0 Å². The van der Waals surface area contributed by atoms with Gasteiger partial charge in [-0.15, -0.1) is 0 Å². The molecular weight excluding hydrogens is 146 g/mol. The highest BCUT2D eigenvalue weighted by Crippen LogP contribution is 2.14. The maximum absolute atomic E-state index is 10.3. The van der Waals surface area contributed by atoms with E-state index in [1.165, 1.54) is 6.33 Å². The van der Waals surface area contributed by atoms with E-state index in [-0.39, 0.29) is 5.82 Å². The average Bonchev–Trinajstić information content (AvgIpc) is 2.30. The fraction of sp³-hybridized carbons (Fsp3) is 0.500. The van der Waals surface area contributed by atoms with Crippen molar-refractivity contribution in [3.05, 3.63) is 22.1 Å². The van der Waals surface area contributed by atoms with Crippen molar-refractivity contribution in [2.24, 2.45) is 7.05 Å². The Morgan fingerprint density at radius 3 is 2.82 bits per heavy atom. The second-order valence-electron chi connectivity index (χ2n) is 2.24. The van der Waals surface area contributed by atoms with Crippen LogP contribution in [0.4, 0.5) is 5.82 Å². The topological polar surface area (TPSA) is 61.0 Å². The van der Waals surface area contributed by atoms with Crippen LogP contribution >= 0.6 is 0 Å². The molecule has 0 amide bonds. The van der Waals surface area contributed by atoms with Crippen LogP contribution in [0.15, 0.2) is 6.33 Å². The average molecular weight is 155 g/mol. The van der Waals surface area contributed by atoms with Gasteiger partial charge in [0.2, 0.25) is 6.33 Å². The molecule has 0 unspecified atom stereocenters. The van der Waals surface area contributed by atoms with Crippen molar-refractivity contribution in [1.29, 1.82) is 0 Å². The lowest BCUT2D eigenvalue weighted by molar-refractivity contribution is -0.390. The van der Waals surface area contributed by atoms with E-state index in [4.69, 9.17) is 0 Å². The SMILES string of the molecule is CCc1c([N+](=O)[O-])ncn1C. The van der Waals surface area contributed by atoms with Gasteiger partial charge in [0.15, 0.2) is 0 Å². The predicted molar refractivity (Wildman–Crippen MR) is 39.2 cm³/mol. The number of nitro groups is 1. The van der Waals surface area contributed by atoms with E-state index < -0.39 is 4.92 Å². The summed E-state index contributed by atoms with van der Waals surface area (Å²) >= 11 is 0. The van der Waals surface area contributed by atoms with Gasteiger partial charge in [0.25, 0.3) is 0 Å². The van der Waals surface area contributed by atoms with E-state index in [1.54, 1.807) is 11.6 Å². The summed E-state index contributed by atoms with van der Waals surface area (Å²) in [5, 5.41) is 10.3. The van der Waals surface area contributed by atoms with Gasteiger partial charge in [0.05, 0.1) is 0 Å². The van der Waals surface area contributed by atoms with Crippen LogP contribution in [-0.4, -0.2) is 14.5 Å². The second-order valence-corrected chi connectivity index (χ2v) is 2.24. The van der Waals surface area contributed by atoms with Crippen molar-refractivity contribution in [3.8, 4) is 0 Å². The molecule has 0 saturated carbocycles. The zero-order valence-electron chi connectivity index (χ0n) is 6.44. The number of hydrogen-bond donors (Lipinski definition) is 0. The number of hydrogen-bond acceptors (Lipinski definition) is 3. The molecule has 0 aliphatic heterocycles. The molecule has 5 nitrogen and oxygen atoms in total. The van der Waals surface area contributed by atoms with Crippen LogP contribution in [0.2, 0.25) is 0 Å². The van der Waals surface area contributed by atoms with Crippen LogP contribution in [0.5, 0.6) is 0 Å². The summed E-state index contributed by atoms with van der Waals surface area (Å²) < 4.78 is 1.66. The molecule has 5 heteroatoms. The third kappa shape index (κ3) is 1.21. The minimum Gasteiger partial charge on any atom is -0.358 e. The smallest absolute Gasteiger partial charge is 0.358 e. The summed E-state index contributed by atoms with van der Waals surface area (Å²) in [6.45, 7) is 1.87. The van der Waals surface area contributed by atoms with Crippen molar-refractivity contribution < 1.29 is 4.92 Å². The van der Waals surface area contributed by atoms with E-state index in [9.17, 15) is 10.1 Å². The molecule has 60 valence electrons. The third-order valence-corrected chi connectivity index (χ3v) is 1.54. The Hall–Kier alpha value is -1.39. The molecule has 0 N–H and O–H groups in total. The summed E-state index contributed by atoms with van der Waals surface area (Å²) in [6.07, 6.45) is 2.09. The van der Waals surface area contributed by atoms with E-state index in [2.05, 4.69) is 4.98 Å². The Balaban J connectivity index is 3.15. The molecule has 0 aliphatic carbocycles. The van der Waals surface area contributed by atoms with Gasteiger partial charge < -0.3 is 14.7 Å². The van der Waals surface area contributed by atoms with Gasteiger partial charge in [-0.05, 0) is 16.3 Å². The number of nitrogens with zero attached hydrogens (tertiary/aromatic N) is 3. The van der Waals surface area contributed by atoms with Gasteiger partial charge in [-0.3, -0.25) is 0 Å². The van der Waals surface area contributed by atoms with Crippen molar-refractivity contribution in [3.63, 3.8) is 0 Å². The molecule has 0 aliphatic rings. The van der Waals surface area contributed by atoms with Crippen LogP contribution in [0.3, 0.4) is 0 Å². The molecule has 0 bridgehead atoms. The van der Waals surface area contributed by atoms with Crippen molar-refractivity contribution in [2.45, 2.75) is 13.3 Å². The van der Waals surface area contributed by atoms with E-state index in [0.29, 0.717) is 12.1 Å². The molecule has 11 heavy (non-hydrogen) atoms. The summed E-state index contributed by atoms with van der Waals surface area (Å²) in [6, 6.07) is 0. The standard InChI is InChI=1S/C6H9N3O2/c1-3-5-6(9(10)11)7-4-8(5)2/h4H,3H2,1-2H3. The van der Waals surface area contributed by atoms with Crippen LogP contribution in [0.1, 0.15) is 12.6 Å². The van der Waals surface area contributed by atoms with Gasteiger partial charge in [-0.2, -0.15) is 0 Å². The van der Waals surface area contributed by atoms with Crippen LogP contribution in [0, 0.1) is 10.1 Å². The van der Waals surface area contributed by atoms with Crippen molar-refractivity contribution in [1.82, 2.24) is 9.55 Å². The lowest BCUT2D eigenvalue weighted by Gasteiger charge is -1.95. The molecule has 1 heterocycles. The summed E-state index contributed by atoms with van der Waals surface area (Å²) in [4.78, 5) is 13.5. The van der Waals surface area contributed by atoms with Crippen LogP contribution in [-0.2, 0) is 13.5 Å². The molecule has 1 aromatic rings. The van der Waals surface area contributed by atoms with Gasteiger partial charge >= 0.3 is 5.82 Å². The van der Waals surface area contributed by atoms with Gasteiger partial charge in [0.1, 0.15) is 5.69 Å². The Morgan fingerprint density at radius 2 is 2.45 bits per heavy atom. The largest absolute Gasteiger partial charge is 0.384 e. The molecule has 0 spiro atoms. The number of aryl methyl sites for hydroxylation is 1. The monoisotopic (exact) mass is 155 g/mol. The fourth-order valence-corrected chi connectivity index (χ4v) is 1.00. The Labute approximate surface area is 63.8 Å². The molecule has 0 atom stereocenters. The summed E-state index contributed by atoms with van der Waals surface area (Å²) in [5.74, 6) is -0.0324. The van der Waals surface area contributed by atoms with E-state index in [1.807, 2.05) is 6.92 Å². The van der Waals surface area contributed by atoms with E-state index >= 15 is 0 Å². The molecule has 0 fully saturated rings. The normalized spacial score (nSPS) is 10.0. The molecule has 1 aromatic heterocycles. The minimum atomic E-state index is -0.459. The maximum atomic E-state index is 10.3. The minimum absolute atomic E-state index is 0.0324. The summed E-state index contributed by atoms with van der Waals surface area (Å²) in [5.41, 5.74) is 0.662. The Morgan fingerprint density at radius 1 is 1.82 bits per heavy atom. The van der Waals surface area contributed by atoms with Crippen LogP contribution in [0.25, 0.3) is 0 Å². The van der Waals surface area contributed by atoms with E-state index in [0.717, 1.165) is 0 Å². The quantitative estimate of drug-likeness (QED) is 0.470. The predicted octanol–water partition coefficient (Wildman–Crippen LogP) is 0.891. The molecular formula is C6H9N3O2. The molecule has 0 saturated heterocycles. The Bertz CT molecular complexity index is 279. The first-order chi connectivity index (χ1) is 5.16. The number of rotatable bonds is 2. The highest BCUT2D eigenvalue weighted by Gasteiger charge is 2.16. The molecule has 1 rings (SSSR count). The Kier molecular flexibility index (Phi) is 1.89. The molecule has 0 radical (unpaired) electrons. The lowest BCUT2D eigenvalue weighted by Crippen LogP contribution is -1.97.